The number of aliphatic hydroxyl groups excluding tert-OH is 1. The average molecular weight is 236 g/mol. The first-order valence-electron chi connectivity index (χ1n) is 6.44. The summed E-state index contributed by atoms with van der Waals surface area (Å²) < 4.78 is 0. The Morgan fingerprint density at radius 2 is 2.24 bits per heavy atom. The fourth-order valence-electron chi connectivity index (χ4n) is 2.51. The standard InChI is InChI=1S/C15H24O2/c1-10(2)7-13(16)9-12(4)14-6-5-11(3)8-15(14)17/h7-8,12-14,16H,5-6,9H2,1-4H3/t12-,13+,14+/m1/s1. The summed E-state index contributed by atoms with van der Waals surface area (Å²) in [5.41, 5.74) is 2.30. The molecule has 0 unspecified atom stereocenters. The van der Waals surface area contributed by atoms with Crippen molar-refractivity contribution in [3.05, 3.63) is 23.3 Å². The lowest BCUT2D eigenvalue weighted by molar-refractivity contribution is -0.120. The van der Waals surface area contributed by atoms with E-state index in [-0.39, 0.29) is 17.6 Å². The molecule has 0 radical (unpaired) electrons. The van der Waals surface area contributed by atoms with Crippen LogP contribution in [0.3, 0.4) is 0 Å². The average Bonchev–Trinajstić information content (AvgIpc) is 2.15. The van der Waals surface area contributed by atoms with E-state index in [9.17, 15) is 9.90 Å². The molecule has 0 fully saturated rings. The molecule has 96 valence electrons. The van der Waals surface area contributed by atoms with Crippen molar-refractivity contribution in [2.24, 2.45) is 11.8 Å². The van der Waals surface area contributed by atoms with Gasteiger partial charge < -0.3 is 5.11 Å². The Hall–Kier alpha value is -0.890. The van der Waals surface area contributed by atoms with E-state index in [0.29, 0.717) is 6.42 Å². The van der Waals surface area contributed by atoms with E-state index < -0.39 is 6.10 Å². The highest BCUT2D eigenvalue weighted by Gasteiger charge is 2.27. The molecule has 0 heterocycles. The quantitative estimate of drug-likeness (QED) is 0.761. The van der Waals surface area contributed by atoms with Gasteiger partial charge in [-0.25, -0.2) is 0 Å². The first-order chi connectivity index (χ1) is 7.90. The van der Waals surface area contributed by atoms with Crippen molar-refractivity contribution in [2.75, 3.05) is 0 Å². The van der Waals surface area contributed by atoms with Crippen molar-refractivity contribution >= 4 is 5.78 Å². The second-order valence-corrected chi connectivity index (χ2v) is 5.56. The molecule has 0 amide bonds. The number of hydrogen-bond donors (Lipinski definition) is 1. The van der Waals surface area contributed by atoms with Gasteiger partial charge in [-0.15, -0.1) is 0 Å². The Kier molecular flexibility index (Phi) is 5.13. The molecule has 0 aliphatic heterocycles. The van der Waals surface area contributed by atoms with Crippen molar-refractivity contribution in [1.82, 2.24) is 0 Å². The Morgan fingerprint density at radius 3 is 2.76 bits per heavy atom. The zero-order valence-electron chi connectivity index (χ0n) is 11.4. The topological polar surface area (TPSA) is 37.3 Å². The Bertz CT molecular complexity index is 335. The van der Waals surface area contributed by atoms with Crippen LogP contribution in [-0.4, -0.2) is 17.0 Å². The first-order valence-corrected chi connectivity index (χ1v) is 6.44. The molecule has 2 heteroatoms. The number of hydrogen-bond acceptors (Lipinski definition) is 2. The van der Waals surface area contributed by atoms with Crippen LogP contribution in [0.2, 0.25) is 0 Å². The molecule has 0 aromatic carbocycles. The van der Waals surface area contributed by atoms with Crippen LogP contribution in [0.1, 0.15) is 47.0 Å². The van der Waals surface area contributed by atoms with Crippen LogP contribution in [0.4, 0.5) is 0 Å². The number of allylic oxidation sites excluding steroid dienone is 3. The van der Waals surface area contributed by atoms with Gasteiger partial charge in [-0.1, -0.05) is 24.1 Å². The number of aliphatic hydroxyl groups is 1. The van der Waals surface area contributed by atoms with Crippen molar-refractivity contribution in [1.29, 1.82) is 0 Å². The molecule has 1 rings (SSSR count). The lowest BCUT2D eigenvalue weighted by atomic mass is 9.78. The van der Waals surface area contributed by atoms with Crippen LogP contribution >= 0.6 is 0 Å². The molecule has 0 bridgehead atoms. The van der Waals surface area contributed by atoms with E-state index in [4.69, 9.17) is 0 Å². The largest absolute Gasteiger partial charge is 0.389 e. The molecular formula is C15H24O2. The summed E-state index contributed by atoms with van der Waals surface area (Å²) in [6, 6.07) is 0. The molecule has 1 aliphatic carbocycles. The third kappa shape index (κ3) is 4.47. The fourth-order valence-corrected chi connectivity index (χ4v) is 2.51. The zero-order chi connectivity index (χ0) is 13.0. The van der Waals surface area contributed by atoms with Crippen LogP contribution in [0.25, 0.3) is 0 Å². The monoisotopic (exact) mass is 236 g/mol. The minimum atomic E-state index is -0.421. The maximum atomic E-state index is 11.9. The first kappa shape index (κ1) is 14.2. The summed E-state index contributed by atoms with van der Waals surface area (Å²) >= 11 is 0. The van der Waals surface area contributed by atoms with Gasteiger partial charge in [-0.2, -0.15) is 0 Å². The minimum absolute atomic E-state index is 0.0962. The molecule has 0 saturated heterocycles. The Morgan fingerprint density at radius 1 is 1.59 bits per heavy atom. The Labute approximate surface area is 104 Å². The smallest absolute Gasteiger partial charge is 0.158 e. The van der Waals surface area contributed by atoms with Gasteiger partial charge in [0.15, 0.2) is 5.78 Å². The third-order valence-corrected chi connectivity index (χ3v) is 3.43. The second-order valence-electron chi connectivity index (χ2n) is 5.56. The number of carbonyl (C=O) groups excluding carboxylic acids is 1. The molecule has 0 aromatic rings. The van der Waals surface area contributed by atoms with Crippen molar-refractivity contribution in [3.63, 3.8) is 0 Å². The van der Waals surface area contributed by atoms with Crippen molar-refractivity contribution < 1.29 is 9.90 Å². The van der Waals surface area contributed by atoms with Gasteiger partial charge in [0.05, 0.1) is 6.10 Å². The predicted molar refractivity (Wildman–Crippen MR) is 70.7 cm³/mol. The molecule has 0 saturated carbocycles. The van der Waals surface area contributed by atoms with Crippen LogP contribution in [0, 0.1) is 11.8 Å². The zero-order valence-corrected chi connectivity index (χ0v) is 11.4. The van der Waals surface area contributed by atoms with Crippen LogP contribution in [0.5, 0.6) is 0 Å². The maximum absolute atomic E-state index is 11.9. The lowest BCUT2D eigenvalue weighted by Gasteiger charge is -2.26. The van der Waals surface area contributed by atoms with Crippen LogP contribution in [-0.2, 0) is 4.79 Å². The normalized spacial score (nSPS) is 23.9. The highest BCUT2D eigenvalue weighted by Crippen LogP contribution is 2.29. The van der Waals surface area contributed by atoms with Gasteiger partial charge in [-0.05, 0) is 52.0 Å². The number of rotatable bonds is 4. The number of ketones is 1. The molecule has 0 aromatic heterocycles. The van der Waals surface area contributed by atoms with E-state index in [0.717, 1.165) is 18.4 Å². The molecular weight excluding hydrogens is 212 g/mol. The summed E-state index contributed by atoms with van der Waals surface area (Å²) in [4.78, 5) is 11.9. The molecule has 17 heavy (non-hydrogen) atoms. The van der Waals surface area contributed by atoms with E-state index in [1.165, 1.54) is 5.57 Å². The predicted octanol–water partition coefficient (Wildman–Crippen LogP) is 3.27. The summed E-state index contributed by atoms with van der Waals surface area (Å²) in [7, 11) is 0. The summed E-state index contributed by atoms with van der Waals surface area (Å²) in [6.45, 7) is 8.04. The molecule has 1 N–H and O–H groups in total. The van der Waals surface area contributed by atoms with Gasteiger partial charge in [-0.3, -0.25) is 4.79 Å². The SMILES string of the molecule is CC(C)=C[C@H](O)C[C@@H](C)[C@@H]1CCC(C)=CC1=O. The Balaban J connectivity index is 2.57. The van der Waals surface area contributed by atoms with Crippen LogP contribution < -0.4 is 0 Å². The molecule has 1 aliphatic rings. The number of carbonyl (C=O) groups is 1. The summed E-state index contributed by atoms with van der Waals surface area (Å²) in [5.74, 6) is 0.585. The third-order valence-electron chi connectivity index (χ3n) is 3.43. The van der Waals surface area contributed by atoms with E-state index in [1.54, 1.807) is 6.08 Å². The molecule has 0 spiro atoms. The molecule has 2 nitrogen and oxygen atoms in total. The van der Waals surface area contributed by atoms with E-state index in [1.807, 2.05) is 26.8 Å². The van der Waals surface area contributed by atoms with Gasteiger partial charge in [0.2, 0.25) is 0 Å². The van der Waals surface area contributed by atoms with Crippen molar-refractivity contribution in [3.8, 4) is 0 Å². The highest BCUT2D eigenvalue weighted by atomic mass is 16.3. The van der Waals surface area contributed by atoms with Crippen LogP contribution in [0.15, 0.2) is 23.3 Å². The van der Waals surface area contributed by atoms with Gasteiger partial charge in [0, 0.05) is 5.92 Å². The molecule has 3 atom stereocenters. The fraction of sp³-hybridized carbons (Fsp3) is 0.667. The second kappa shape index (κ2) is 6.15. The van der Waals surface area contributed by atoms with Crippen molar-refractivity contribution in [2.45, 2.75) is 53.1 Å². The van der Waals surface area contributed by atoms with Gasteiger partial charge in [0.25, 0.3) is 0 Å². The minimum Gasteiger partial charge on any atom is -0.389 e. The maximum Gasteiger partial charge on any atom is 0.158 e. The highest BCUT2D eigenvalue weighted by molar-refractivity contribution is 5.93. The van der Waals surface area contributed by atoms with Gasteiger partial charge in [0.1, 0.15) is 0 Å². The summed E-state index contributed by atoms with van der Waals surface area (Å²) in [6.07, 6.45) is 5.84. The lowest BCUT2D eigenvalue weighted by Crippen LogP contribution is -2.26. The van der Waals surface area contributed by atoms with Gasteiger partial charge >= 0.3 is 0 Å². The summed E-state index contributed by atoms with van der Waals surface area (Å²) in [5, 5.41) is 9.86. The van der Waals surface area contributed by atoms with E-state index >= 15 is 0 Å². The van der Waals surface area contributed by atoms with E-state index in [2.05, 4.69) is 6.92 Å².